The van der Waals surface area contributed by atoms with Crippen LogP contribution in [0.5, 0.6) is 0 Å². The van der Waals surface area contributed by atoms with Gasteiger partial charge in [0.05, 0.1) is 18.2 Å². The lowest BCUT2D eigenvalue weighted by molar-refractivity contribution is -0.306. The van der Waals surface area contributed by atoms with Gasteiger partial charge in [-0.3, -0.25) is 4.79 Å². The highest BCUT2D eigenvalue weighted by atomic mass is 35.5. The van der Waals surface area contributed by atoms with E-state index >= 15 is 0 Å². The van der Waals surface area contributed by atoms with E-state index in [1.165, 1.54) is 16.7 Å². The highest BCUT2D eigenvalue weighted by Gasteiger charge is 2.35. The summed E-state index contributed by atoms with van der Waals surface area (Å²) in [6.45, 7) is -0.321. The van der Waals surface area contributed by atoms with Crippen molar-refractivity contribution in [3.8, 4) is 0 Å². The number of halogens is 1. The molecule has 4 rings (SSSR count). The molecule has 1 fully saturated rings. The number of aromatic nitrogens is 1. The quantitative estimate of drug-likeness (QED) is 0.541. The number of aliphatic carboxylic acids is 1. The standard InChI is InChI=1S/C20H14ClN3O4/c21-13-4-3-5-14(9-13)24-19(27)16(22-20(24)28)8-12-10-23(11-18(25)26)17-7-2-1-6-15(12)17/h1-10H,11H2,(H,22,28)(H,25,26)/p-1/b16-8+. The topological polar surface area (TPSA) is 94.5 Å². The summed E-state index contributed by atoms with van der Waals surface area (Å²) in [5.41, 5.74) is 1.73. The van der Waals surface area contributed by atoms with E-state index in [1.807, 2.05) is 6.07 Å². The zero-order valence-corrected chi connectivity index (χ0v) is 15.1. The third-order valence-corrected chi connectivity index (χ3v) is 4.60. The number of carboxylic acid groups (broad SMARTS) is 1. The maximum Gasteiger partial charge on any atom is 0.333 e. The number of amides is 3. The number of para-hydroxylation sites is 1. The van der Waals surface area contributed by atoms with Crippen molar-refractivity contribution < 1.29 is 19.5 Å². The molecule has 0 aliphatic carbocycles. The number of benzene rings is 2. The molecule has 0 unspecified atom stereocenters. The van der Waals surface area contributed by atoms with Crippen LogP contribution in [0, 0.1) is 0 Å². The van der Waals surface area contributed by atoms with Gasteiger partial charge in [-0.15, -0.1) is 0 Å². The van der Waals surface area contributed by atoms with Gasteiger partial charge in [0.25, 0.3) is 5.91 Å². The fraction of sp³-hybridized carbons (Fsp3) is 0.0500. The molecule has 1 saturated heterocycles. The van der Waals surface area contributed by atoms with Crippen molar-refractivity contribution >= 4 is 52.2 Å². The first-order valence-electron chi connectivity index (χ1n) is 8.34. The van der Waals surface area contributed by atoms with Crippen LogP contribution < -0.4 is 15.3 Å². The molecule has 1 aliphatic heterocycles. The van der Waals surface area contributed by atoms with Gasteiger partial charge in [-0.05, 0) is 30.3 Å². The average molecular weight is 395 g/mol. The Morgan fingerprint density at radius 3 is 2.68 bits per heavy atom. The number of hydrogen-bond donors (Lipinski definition) is 1. The first kappa shape index (κ1) is 17.8. The lowest BCUT2D eigenvalue weighted by atomic mass is 10.1. The van der Waals surface area contributed by atoms with Crippen molar-refractivity contribution in [1.29, 1.82) is 0 Å². The minimum absolute atomic E-state index is 0.0846. The number of fused-ring (bicyclic) bond motifs is 1. The maximum absolute atomic E-state index is 12.8. The molecule has 1 aromatic heterocycles. The Bertz CT molecular complexity index is 1170. The maximum atomic E-state index is 12.8. The van der Waals surface area contributed by atoms with Crippen LogP contribution in [0.2, 0.25) is 5.02 Å². The van der Waals surface area contributed by atoms with E-state index in [0.717, 1.165) is 10.3 Å². The van der Waals surface area contributed by atoms with Crippen LogP contribution in [0.25, 0.3) is 17.0 Å². The smallest absolute Gasteiger partial charge is 0.333 e. The molecule has 0 atom stereocenters. The highest BCUT2D eigenvalue weighted by molar-refractivity contribution is 6.32. The third kappa shape index (κ3) is 3.12. The van der Waals surface area contributed by atoms with Crippen molar-refractivity contribution in [2.24, 2.45) is 0 Å². The Balaban J connectivity index is 1.75. The van der Waals surface area contributed by atoms with E-state index in [2.05, 4.69) is 5.32 Å². The zero-order chi connectivity index (χ0) is 19.8. The van der Waals surface area contributed by atoms with Crippen LogP contribution in [0.3, 0.4) is 0 Å². The lowest BCUT2D eigenvalue weighted by Crippen LogP contribution is -2.30. The van der Waals surface area contributed by atoms with Crippen LogP contribution in [0.15, 0.2) is 60.4 Å². The normalized spacial score (nSPS) is 15.5. The molecule has 140 valence electrons. The number of urea groups is 1. The van der Waals surface area contributed by atoms with Gasteiger partial charge in [0.2, 0.25) is 0 Å². The van der Waals surface area contributed by atoms with Gasteiger partial charge in [-0.1, -0.05) is 35.9 Å². The SMILES string of the molecule is O=C([O-])Cn1cc(/C=C2/NC(=O)N(c3cccc(Cl)c3)C2=O)c2ccccc21. The van der Waals surface area contributed by atoms with Gasteiger partial charge in [-0.25, -0.2) is 9.69 Å². The van der Waals surface area contributed by atoms with E-state index in [0.29, 0.717) is 21.8 Å². The number of nitrogens with one attached hydrogen (secondary N) is 1. The first-order chi connectivity index (χ1) is 13.4. The van der Waals surface area contributed by atoms with Gasteiger partial charge in [0.15, 0.2) is 0 Å². The monoisotopic (exact) mass is 394 g/mol. The van der Waals surface area contributed by atoms with Gasteiger partial charge in [0, 0.05) is 27.7 Å². The molecule has 1 aliphatic rings. The summed E-state index contributed by atoms with van der Waals surface area (Å²) in [6.07, 6.45) is 3.13. The summed E-state index contributed by atoms with van der Waals surface area (Å²) in [5, 5.41) is 14.7. The minimum Gasteiger partial charge on any atom is -0.548 e. The molecule has 2 heterocycles. The molecule has 7 nitrogen and oxygen atoms in total. The molecule has 1 N–H and O–H groups in total. The molecular formula is C20H13ClN3O4-. The number of rotatable bonds is 4. The second-order valence-corrected chi connectivity index (χ2v) is 6.65. The molecule has 0 bridgehead atoms. The van der Waals surface area contributed by atoms with Gasteiger partial charge in [0.1, 0.15) is 5.70 Å². The molecule has 8 heteroatoms. The van der Waals surface area contributed by atoms with E-state index in [9.17, 15) is 19.5 Å². The number of carbonyl (C=O) groups is 3. The van der Waals surface area contributed by atoms with Crippen LogP contribution in [-0.2, 0) is 16.1 Å². The molecule has 3 aromatic rings. The predicted molar refractivity (Wildman–Crippen MR) is 102 cm³/mol. The average Bonchev–Trinajstić information content (AvgIpc) is 3.12. The molecule has 0 spiro atoms. The van der Waals surface area contributed by atoms with Crippen LogP contribution >= 0.6 is 11.6 Å². The second kappa shape index (κ2) is 6.86. The van der Waals surface area contributed by atoms with Crippen molar-refractivity contribution in [3.63, 3.8) is 0 Å². The first-order valence-corrected chi connectivity index (χ1v) is 8.72. The van der Waals surface area contributed by atoms with Gasteiger partial charge < -0.3 is 19.8 Å². The van der Waals surface area contributed by atoms with Crippen molar-refractivity contribution in [2.45, 2.75) is 6.54 Å². The third-order valence-electron chi connectivity index (χ3n) is 4.36. The Labute approximate surface area is 164 Å². The fourth-order valence-corrected chi connectivity index (χ4v) is 3.38. The van der Waals surface area contributed by atoms with Crippen molar-refractivity contribution in [3.05, 3.63) is 71.0 Å². The number of anilines is 1. The molecular weight excluding hydrogens is 382 g/mol. The Morgan fingerprint density at radius 2 is 1.93 bits per heavy atom. The Hall–Kier alpha value is -3.58. The summed E-state index contributed by atoms with van der Waals surface area (Å²) in [6, 6.07) is 13.0. The number of carbonyl (C=O) groups excluding carboxylic acids is 3. The second-order valence-electron chi connectivity index (χ2n) is 6.21. The molecule has 2 aromatic carbocycles. The minimum atomic E-state index is -1.22. The summed E-state index contributed by atoms with van der Waals surface area (Å²) in [7, 11) is 0. The molecule has 3 amide bonds. The molecule has 0 saturated carbocycles. The summed E-state index contributed by atoms with van der Waals surface area (Å²) in [4.78, 5) is 37.1. The van der Waals surface area contributed by atoms with Crippen LogP contribution in [0.1, 0.15) is 5.56 Å². The number of hydrogen-bond acceptors (Lipinski definition) is 4. The van der Waals surface area contributed by atoms with Crippen LogP contribution in [0.4, 0.5) is 10.5 Å². The highest BCUT2D eigenvalue weighted by Crippen LogP contribution is 2.27. The zero-order valence-electron chi connectivity index (χ0n) is 14.4. The lowest BCUT2D eigenvalue weighted by Gasteiger charge is -2.11. The number of nitrogens with zero attached hydrogens (tertiary/aromatic N) is 2. The summed E-state index contributed by atoms with van der Waals surface area (Å²) >= 11 is 5.95. The molecule has 28 heavy (non-hydrogen) atoms. The van der Waals surface area contributed by atoms with E-state index in [-0.39, 0.29) is 12.2 Å². The van der Waals surface area contributed by atoms with Gasteiger partial charge in [-0.2, -0.15) is 0 Å². The number of carboxylic acids is 1. The summed E-state index contributed by atoms with van der Waals surface area (Å²) < 4.78 is 1.52. The predicted octanol–water partition coefficient (Wildman–Crippen LogP) is 2.14. The fourth-order valence-electron chi connectivity index (χ4n) is 3.20. The number of imide groups is 1. The Kier molecular flexibility index (Phi) is 4.37. The van der Waals surface area contributed by atoms with E-state index < -0.39 is 17.9 Å². The van der Waals surface area contributed by atoms with E-state index in [1.54, 1.807) is 42.6 Å². The van der Waals surface area contributed by atoms with Crippen molar-refractivity contribution in [1.82, 2.24) is 9.88 Å². The van der Waals surface area contributed by atoms with Crippen molar-refractivity contribution in [2.75, 3.05) is 4.90 Å². The largest absolute Gasteiger partial charge is 0.548 e. The van der Waals surface area contributed by atoms with Crippen LogP contribution in [-0.4, -0.2) is 22.5 Å². The van der Waals surface area contributed by atoms with E-state index in [4.69, 9.17) is 11.6 Å². The Morgan fingerprint density at radius 1 is 1.14 bits per heavy atom. The summed E-state index contributed by atoms with van der Waals surface area (Å²) in [5.74, 6) is -1.75. The van der Waals surface area contributed by atoms with Gasteiger partial charge >= 0.3 is 6.03 Å². The molecule has 0 radical (unpaired) electrons.